The van der Waals surface area contributed by atoms with Crippen LogP contribution in [0.25, 0.3) is 22.2 Å². The van der Waals surface area contributed by atoms with Crippen LogP contribution >= 0.6 is 0 Å². The smallest absolute Gasteiger partial charge is 0.206 e. The minimum absolute atomic E-state index is 0.366. The lowest BCUT2D eigenvalue weighted by atomic mass is 10.0. The van der Waals surface area contributed by atoms with Gasteiger partial charge in [0.2, 0.25) is 5.95 Å². The molecule has 0 saturated carbocycles. The number of hydrogen-bond donors (Lipinski definition) is 0. The van der Waals surface area contributed by atoms with Crippen LogP contribution in [-0.2, 0) is 7.05 Å². The molecule has 0 spiro atoms. The summed E-state index contributed by atoms with van der Waals surface area (Å²) in [6, 6.07) is 26.6. The van der Waals surface area contributed by atoms with E-state index in [4.69, 9.17) is 4.98 Å². The zero-order chi connectivity index (χ0) is 19.4. The predicted molar refractivity (Wildman–Crippen MR) is 118 cm³/mol. The molecule has 144 valence electrons. The number of benzene rings is 3. The van der Waals surface area contributed by atoms with Crippen LogP contribution in [0.1, 0.15) is 17.2 Å². The number of imidazole rings is 1. The third-order valence-electron chi connectivity index (χ3n) is 6.53. The lowest BCUT2D eigenvalue weighted by Gasteiger charge is -2.39. The van der Waals surface area contributed by atoms with Crippen molar-refractivity contribution in [1.82, 2.24) is 14.5 Å². The van der Waals surface area contributed by atoms with E-state index in [0.717, 1.165) is 37.6 Å². The van der Waals surface area contributed by atoms with Crippen LogP contribution < -0.4 is 4.90 Å². The molecular formula is C25H24N4. The standard InChI is InChI=1S/C25H24N4/c1-27-23-13-7-6-12-22(23)26-25(27)29-16-14-28(15-17-29)24-20-10-4-2-8-18(20)19-9-3-5-11-21(19)24/h2-13,24H,14-17H2,1H3. The van der Waals surface area contributed by atoms with Gasteiger partial charge in [-0.25, -0.2) is 4.98 Å². The lowest BCUT2D eigenvalue weighted by Crippen LogP contribution is -2.48. The number of aromatic nitrogens is 2. The molecule has 6 rings (SSSR count). The van der Waals surface area contributed by atoms with Crippen molar-refractivity contribution in [2.24, 2.45) is 7.05 Å². The fraction of sp³-hybridized carbons (Fsp3) is 0.240. The number of hydrogen-bond acceptors (Lipinski definition) is 3. The van der Waals surface area contributed by atoms with E-state index in [1.165, 1.54) is 27.8 Å². The summed E-state index contributed by atoms with van der Waals surface area (Å²) in [5.41, 5.74) is 7.96. The summed E-state index contributed by atoms with van der Waals surface area (Å²) in [5.74, 6) is 1.08. The van der Waals surface area contributed by atoms with E-state index in [-0.39, 0.29) is 0 Å². The summed E-state index contributed by atoms with van der Waals surface area (Å²) < 4.78 is 2.23. The first-order valence-corrected chi connectivity index (χ1v) is 10.4. The van der Waals surface area contributed by atoms with Gasteiger partial charge < -0.3 is 9.47 Å². The van der Waals surface area contributed by atoms with Gasteiger partial charge in [-0.1, -0.05) is 60.7 Å². The van der Waals surface area contributed by atoms with E-state index in [1.807, 2.05) is 0 Å². The first-order valence-electron chi connectivity index (χ1n) is 10.4. The van der Waals surface area contributed by atoms with Crippen molar-refractivity contribution >= 4 is 17.0 Å². The van der Waals surface area contributed by atoms with E-state index in [9.17, 15) is 0 Å². The second-order valence-electron chi connectivity index (χ2n) is 8.06. The number of para-hydroxylation sites is 2. The molecule has 4 aromatic rings. The Kier molecular flexibility index (Phi) is 3.74. The van der Waals surface area contributed by atoms with Crippen molar-refractivity contribution in [3.8, 4) is 11.1 Å². The SMILES string of the molecule is Cn1c(N2CCN(C3c4ccccc4-c4ccccc43)CC2)nc2ccccc21. The van der Waals surface area contributed by atoms with Gasteiger partial charge in [0.15, 0.2) is 0 Å². The fourth-order valence-electron chi connectivity index (χ4n) is 5.12. The number of aryl methyl sites for hydroxylation is 1. The highest BCUT2D eigenvalue weighted by molar-refractivity contribution is 5.79. The Hall–Kier alpha value is -3.11. The highest BCUT2D eigenvalue weighted by Gasteiger charge is 2.34. The first kappa shape index (κ1) is 16.8. The monoisotopic (exact) mass is 380 g/mol. The van der Waals surface area contributed by atoms with Gasteiger partial charge in [0.05, 0.1) is 17.1 Å². The predicted octanol–water partition coefficient (Wildman–Crippen LogP) is 4.47. The number of anilines is 1. The van der Waals surface area contributed by atoms with E-state index >= 15 is 0 Å². The lowest BCUT2D eigenvalue weighted by molar-refractivity contribution is 0.214. The quantitative estimate of drug-likeness (QED) is 0.513. The maximum Gasteiger partial charge on any atom is 0.206 e. The van der Waals surface area contributed by atoms with Crippen molar-refractivity contribution in [3.05, 3.63) is 83.9 Å². The highest BCUT2D eigenvalue weighted by Crippen LogP contribution is 2.46. The fourth-order valence-corrected chi connectivity index (χ4v) is 5.12. The second-order valence-corrected chi connectivity index (χ2v) is 8.06. The zero-order valence-electron chi connectivity index (χ0n) is 16.6. The molecule has 1 fully saturated rings. The Morgan fingerprint density at radius 3 is 1.97 bits per heavy atom. The molecule has 0 amide bonds. The topological polar surface area (TPSA) is 24.3 Å². The third-order valence-corrected chi connectivity index (χ3v) is 6.53. The van der Waals surface area contributed by atoms with Gasteiger partial charge in [0.1, 0.15) is 0 Å². The minimum Gasteiger partial charge on any atom is -0.340 e. The molecule has 0 radical (unpaired) electrons. The van der Waals surface area contributed by atoms with Gasteiger partial charge >= 0.3 is 0 Å². The first-order chi connectivity index (χ1) is 14.3. The largest absolute Gasteiger partial charge is 0.340 e. The summed E-state index contributed by atoms with van der Waals surface area (Å²) in [4.78, 5) is 9.98. The van der Waals surface area contributed by atoms with Gasteiger partial charge in [-0.2, -0.15) is 0 Å². The van der Waals surface area contributed by atoms with Crippen LogP contribution in [-0.4, -0.2) is 40.6 Å². The molecule has 4 nitrogen and oxygen atoms in total. The number of fused-ring (bicyclic) bond motifs is 4. The van der Waals surface area contributed by atoms with Crippen LogP contribution in [0.3, 0.4) is 0 Å². The molecule has 2 aliphatic rings. The summed E-state index contributed by atoms with van der Waals surface area (Å²) in [6.45, 7) is 4.07. The van der Waals surface area contributed by atoms with Crippen molar-refractivity contribution < 1.29 is 0 Å². The summed E-state index contributed by atoms with van der Waals surface area (Å²) in [7, 11) is 2.13. The van der Waals surface area contributed by atoms with Gasteiger partial charge in [-0.05, 0) is 34.4 Å². The normalized spacial score (nSPS) is 16.9. The summed E-state index contributed by atoms with van der Waals surface area (Å²) in [5, 5.41) is 0. The van der Waals surface area contributed by atoms with Crippen molar-refractivity contribution in [1.29, 1.82) is 0 Å². The molecule has 1 aromatic heterocycles. The summed E-state index contributed by atoms with van der Waals surface area (Å²) in [6.07, 6.45) is 0. The van der Waals surface area contributed by atoms with E-state index in [0.29, 0.717) is 6.04 Å². The maximum atomic E-state index is 4.90. The number of rotatable bonds is 2. The van der Waals surface area contributed by atoms with Crippen molar-refractivity contribution in [2.45, 2.75) is 6.04 Å². The van der Waals surface area contributed by atoms with Gasteiger partial charge in [0.25, 0.3) is 0 Å². The van der Waals surface area contributed by atoms with Crippen LogP contribution in [0, 0.1) is 0 Å². The third kappa shape index (κ3) is 2.52. The van der Waals surface area contributed by atoms with Crippen LogP contribution in [0.5, 0.6) is 0 Å². The molecule has 0 N–H and O–H groups in total. The molecule has 4 heteroatoms. The zero-order valence-corrected chi connectivity index (χ0v) is 16.6. The van der Waals surface area contributed by atoms with Crippen LogP contribution in [0.2, 0.25) is 0 Å². The second kappa shape index (κ2) is 6.46. The molecule has 2 heterocycles. The molecule has 3 aromatic carbocycles. The molecular weight excluding hydrogens is 356 g/mol. The Balaban J connectivity index is 1.29. The Morgan fingerprint density at radius 1 is 0.724 bits per heavy atom. The van der Waals surface area contributed by atoms with Crippen LogP contribution in [0.15, 0.2) is 72.8 Å². The molecule has 0 bridgehead atoms. The van der Waals surface area contributed by atoms with E-state index < -0.39 is 0 Å². The molecule has 0 atom stereocenters. The van der Waals surface area contributed by atoms with Gasteiger partial charge in [0, 0.05) is 33.2 Å². The number of piperazine rings is 1. The maximum absolute atomic E-state index is 4.90. The Bertz CT molecular complexity index is 1150. The minimum atomic E-state index is 0.366. The van der Waals surface area contributed by atoms with Crippen molar-refractivity contribution in [2.75, 3.05) is 31.1 Å². The van der Waals surface area contributed by atoms with Crippen LogP contribution in [0.4, 0.5) is 5.95 Å². The van der Waals surface area contributed by atoms with Gasteiger partial charge in [-0.15, -0.1) is 0 Å². The summed E-state index contributed by atoms with van der Waals surface area (Å²) >= 11 is 0. The average molecular weight is 380 g/mol. The van der Waals surface area contributed by atoms with E-state index in [2.05, 4.69) is 94.2 Å². The Morgan fingerprint density at radius 2 is 1.31 bits per heavy atom. The van der Waals surface area contributed by atoms with Crippen molar-refractivity contribution in [3.63, 3.8) is 0 Å². The number of nitrogens with zero attached hydrogens (tertiary/aromatic N) is 4. The molecule has 1 saturated heterocycles. The average Bonchev–Trinajstić information content (AvgIpc) is 3.29. The molecule has 1 aliphatic heterocycles. The molecule has 0 unspecified atom stereocenters. The highest BCUT2D eigenvalue weighted by atomic mass is 15.4. The van der Waals surface area contributed by atoms with E-state index in [1.54, 1.807) is 0 Å². The molecule has 1 aliphatic carbocycles. The Labute approximate surface area is 171 Å². The molecule has 29 heavy (non-hydrogen) atoms. The van der Waals surface area contributed by atoms with Gasteiger partial charge in [-0.3, -0.25) is 4.90 Å².